The van der Waals surface area contributed by atoms with Crippen LogP contribution in [0.5, 0.6) is 0 Å². The minimum atomic E-state index is 0.186. The van der Waals surface area contributed by atoms with Gasteiger partial charge in [-0.25, -0.2) is 15.0 Å². The van der Waals surface area contributed by atoms with E-state index in [1.165, 1.54) is 5.56 Å². The van der Waals surface area contributed by atoms with Crippen LogP contribution in [-0.4, -0.2) is 24.5 Å². The molecule has 7 heteroatoms. The number of nitrogens with one attached hydrogen (secondary N) is 2. The van der Waals surface area contributed by atoms with E-state index in [9.17, 15) is 0 Å². The van der Waals surface area contributed by atoms with E-state index in [-0.39, 0.29) is 6.04 Å². The average molecular weight is 359 g/mol. The van der Waals surface area contributed by atoms with Crippen molar-refractivity contribution in [2.45, 2.75) is 26.4 Å². The SMILES string of the molecule is CC(C)n1c(Nc2cccnc2)nc2c(NCc3ccccc3)ncnc21. The predicted octanol–water partition coefficient (Wildman–Crippen LogP) is 4.16. The Balaban J connectivity index is 1.70. The molecule has 0 radical (unpaired) electrons. The molecule has 27 heavy (non-hydrogen) atoms. The fraction of sp³-hybridized carbons (Fsp3) is 0.200. The summed E-state index contributed by atoms with van der Waals surface area (Å²) in [5.74, 6) is 1.44. The second-order valence-electron chi connectivity index (χ2n) is 6.50. The highest BCUT2D eigenvalue weighted by molar-refractivity contribution is 5.86. The van der Waals surface area contributed by atoms with Crippen molar-refractivity contribution in [2.75, 3.05) is 10.6 Å². The van der Waals surface area contributed by atoms with Crippen LogP contribution in [0.1, 0.15) is 25.5 Å². The number of imidazole rings is 1. The van der Waals surface area contributed by atoms with Gasteiger partial charge in [-0.1, -0.05) is 30.3 Å². The maximum atomic E-state index is 4.78. The van der Waals surface area contributed by atoms with Crippen molar-refractivity contribution < 1.29 is 0 Å². The Kier molecular flexibility index (Phi) is 4.65. The van der Waals surface area contributed by atoms with Crippen LogP contribution in [0.3, 0.4) is 0 Å². The van der Waals surface area contributed by atoms with Crippen LogP contribution >= 0.6 is 0 Å². The molecule has 0 aliphatic heterocycles. The van der Waals surface area contributed by atoms with Gasteiger partial charge in [0.15, 0.2) is 17.0 Å². The lowest BCUT2D eigenvalue weighted by molar-refractivity contribution is 0.620. The fourth-order valence-corrected chi connectivity index (χ4v) is 2.96. The van der Waals surface area contributed by atoms with Crippen LogP contribution in [0.2, 0.25) is 0 Å². The van der Waals surface area contributed by atoms with E-state index < -0.39 is 0 Å². The first-order valence-corrected chi connectivity index (χ1v) is 8.90. The molecule has 2 N–H and O–H groups in total. The van der Waals surface area contributed by atoms with Crippen molar-refractivity contribution in [3.8, 4) is 0 Å². The average Bonchev–Trinajstić information content (AvgIpc) is 3.06. The van der Waals surface area contributed by atoms with E-state index in [1.807, 2.05) is 30.3 Å². The summed E-state index contributed by atoms with van der Waals surface area (Å²) in [6.45, 7) is 4.89. The molecule has 0 amide bonds. The third kappa shape index (κ3) is 3.57. The van der Waals surface area contributed by atoms with Gasteiger partial charge in [-0.15, -0.1) is 0 Å². The molecular weight excluding hydrogens is 338 g/mol. The lowest BCUT2D eigenvalue weighted by Gasteiger charge is -2.13. The summed E-state index contributed by atoms with van der Waals surface area (Å²) in [4.78, 5) is 17.8. The Bertz CT molecular complexity index is 1030. The minimum absolute atomic E-state index is 0.186. The standard InChI is InChI=1S/C20H21N7/c1-14(2)27-19-17(26-20(27)25-16-9-6-10-21-12-16)18(23-13-24-19)22-11-15-7-4-3-5-8-15/h3-10,12-14H,11H2,1-2H3,(H,25,26)(H,22,23,24). The van der Waals surface area contributed by atoms with Gasteiger partial charge >= 0.3 is 0 Å². The van der Waals surface area contributed by atoms with Crippen LogP contribution in [-0.2, 0) is 6.54 Å². The molecule has 0 aliphatic rings. The van der Waals surface area contributed by atoms with Crippen LogP contribution in [0.25, 0.3) is 11.2 Å². The molecule has 0 atom stereocenters. The molecule has 0 aliphatic carbocycles. The van der Waals surface area contributed by atoms with E-state index in [2.05, 4.69) is 56.1 Å². The van der Waals surface area contributed by atoms with Gasteiger partial charge in [0.1, 0.15) is 6.33 Å². The van der Waals surface area contributed by atoms with Gasteiger partial charge in [-0.05, 0) is 31.5 Å². The first kappa shape index (κ1) is 17.0. The molecule has 3 aromatic heterocycles. The normalized spacial score (nSPS) is 11.1. The zero-order valence-electron chi connectivity index (χ0n) is 15.3. The first-order chi connectivity index (χ1) is 13.2. The van der Waals surface area contributed by atoms with Gasteiger partial charge < -0.3 is 10.6 Å². The van der Waals surface area contributed by atoms with E-state index in [0.717, 1.165) is 28.6 Å². The van der Waals surface area contributed by atoms with Crippen molar-refractivity contribution in [3.05, 3.63) is 66.7 Å². The molecule has 0 spiro atoms. The molecule has 136 valence electrons. The molecule has 0 saturated carbocycles. The van der Waals surface area contributed by atoms with E-state index in [4.69, 9.17) is 4.98 Å². The zero-order valence-corrected chi connectivity index (χ0v) is 15.3. The molecule has 0 fully saturated rings. The third-order valence-electron chi connectivity index (χ3n) is 4.21. The Morgan fingerprint density at radius 2 is 1.89 bits per heavy atom. The van der Waals surface area contributed by atoms with E-state index >= 15 is 0 Å². The summed E-state index contributed by atoms with van der Waals surface area (Å²) in [6.07, 6.45) is 5.09. The molecular formula is C20H21N7. The van der Waals surface area contributed by atoms with Crippen molar-refractivity contribution in [3.63, 3.8) is 0 Å². The zero-order chi connectivity index (χ0) is 18.6. The maximum Gasteiger partial charge on any atom is 0.210 e. The number of rotatable bonds is 6. The van der Waals surface area contributed by atoms with Crippen LogP contribution < -0.4 is 10.6 Å². The number of benzene rings is 1. The minimum Gasteiger partial charge on any atom is -0.364 e. The number of anilines is 3. The lowest BCUT2D eigenvalue weighted by atomic mass is 10.2. The first-order valence-electron chi connectivity index (χ1n) is 8.90. The number of pyridine rings is 1. The quantitative estimate of drug-likeness (QED) is 0.538. The monoisotopic (exact) mass is 359 g/mol. The van der Waals surface area contributed by atoms with Gasteiger partial charge in [0.05, 0.1) is 11.9 Å². The summed E-state index contributed by atoms with van der Waals surface area (Å²) in [5, 5.41) is 6.72. The van der Waals surface area contributed by atoms with Crippen molar-refractivity contribution in [2.24, 2.45) is 0 Å². The van der Waals surface area contributed by atoms with Crippen LogP contribution in [0, 0.1) is 0 Å². The second-order valence-corrected chi connectivity index (χ2v) is 6.50. The molecule has 4 aromatic rings. The Morgan fingerprint density at radius 3 is 2.63 bits per heavy atom. The summed E-state index contributed by atoms with van der Waals surface area (Å²) in [6, 6.07) is 14.2. The molecule has 3 heterocycles. The van der Waals surface area contributed by atoms with Gasteiger partial charge in [0.2, 0.25) is 5.95 Å². The molecule has 0 bridgehead atoms. The molecule has 0 unspecified atom stereocenters. The van der Waals surface area contributed by atoms with Gasteiger partial charge in [-0.3, -0.25) is 9.55 Å². The second kappa shape index (κ2) is 7.41. The summed E-state index contributed by atoms with van der Waals surface area (Å²) >= 11 is 0. The van der Waals surface area contributed by atoms with Crippen molar-refractivity contribution >= 4 is 28.6 Å². The summed E-state index contributed by atoms with van der Waals surface area (Å²) in [5.41, 5.74) is 3.60. The molecule has 1 aromatic carbocycles. The summed E-state index contributed by atoms with van der Waals surface area (Å²) in [7, 11) is 0. The van der Waals surface area contributed by atoms with Crippen LogP contribution in [0.15, 0.2) is 61.2 Å². The topological polar surface area (TPSA) is 80.5 Å². The number of aromatic nitrogens is 5. The third-order valence-corrected chi connectivity index (χ3v) is 4.21. The van der Waals surface area contributed by atoms with Gasteiger partial charge in [0.25, 0.3) is 0 Å². The fourth-order valence-electron chi connectivity index (χ4n) is 2.96. The largest absolute Gasteiger partial charge is 0.364 e. The smallest absolute Gasteiger partial charge is 0.210 e. The lowest BCUT2D eigenvalue weighted by Crippen LogP contribution is -2.07. The highest BCUT2D eigenvalue weighted by Gasteiger charge is 2.18. The number of hydrogen-bond acceptors (Lipinski definition) is 6. The molecule has 4 rings (SSSR count). The highest BCUT2D eigenvalue weighted by atomic mass is 15.3. The summed E-state index contributed by atoms with van der Waals surface area (Å²) < 4.78 is 2.07. The van der Waals surface area contributed by atoms with Crippen molar-refractivity contribution in [1.82, 2.24) is 24.5 Å². The van der Waals surface area contributed by atoms with E-state index in [0.29, 0.717) is 6.54 Å². The highest BCUT2D eigenvalue weighted by Crippen LogP contribution is 2.28. The number of nitrogens with zero attached hydrogens (tertiary/aromatic N) is 5. The number of fused-ring (bicyclic) bond motifs is 1. The Labute approximate surface area is 157 Å². The maximum absolute atomic E-state index is 4.78. The van der Waals surface area contributed by atoms with E-state index in [1.54, 1.807) is 18.7 Å². The Morgan fingerprint density at radius 1 is 1.04 bits per heavy atom. The molecule has 0 saturated heterocycles. The van der Waals surface area contributed by atoms with Crippen LogP contribution in [0.4, 0.5) is 17.5 Å². The van der Waals surface area contributed by atoms with Gasteiger partial charge in [-0.2, -0.15) is 0 Å². The predicted molar refractivity (Wildman–Crippen MR) is 107 cm³/mol. The van der Waals surface area contributed by atoms with Crippen molar-refractivity contribution in [1.29, 1.82) is 0 Å². The Hall–Kier alpha value is -3.48. The number of hydrogen-bond donors (Lipinski definition) is 2. The molecule has 7 nitrogen and oxygen atoms in total. The van der Waals surface area contributed by atoms with Gasteiger partial charge in [0, 0.05) is 18.8 Å².